The molecule has 0 saturated heterocycles. The lowest BCUT2D eigenvalue weighted by molar-refractivity contribution is 0.115. The summed E-state index contributed by atoms with van der Waals surface area (Å²) in [5.74, 6) is 0.991. The minimum Gasteiger partial charge on any atom is -0.396 e. The fourth-order valence-electron chi connectivity index (χ4n) is 4.20. The van der Waals surface area contributed by atoms with Crippen molar-refractivity contribution in [1.82, 2.24) is 30.1 Å². The zero-order valence-corrected chi connectivity index (χ0v) is 20.1. The normalized spacial score (nSPS) is 13.4. The number of aromatic nitrogens is 5. The Labute approximate surface area is 189 Å². The summed E-state index contributed by atoms with van der Waals surface area (Å²) in [6.45, 7) is 13.8. The van der Waals surface area contributed by atoms with Crippen molar-refractivity contribution in [2.45, 2.75) is 72.5 Å². The van der Waals surface area contributed by atoms with Crippen LogP contribution in [0.2, 0.25) is 0 Å². The molecular weight excluding hydrogens is 404 g/mol. The monoisotopic (exact) mass is 440 g/mol. The molecule has 3 aromatic rings. The molecule has 8 heteroatoms. The van der Waals surface area contributed by atoms with E-state index in [9.17, 15) is 9.90 Å². The van der Waals surface area contributed by atoms with Crippen molar-refractivity contribution in [2.75, 3.05) is 13.2 Å². The van der Waals surface area contributed by atoms with E-state index in [-0.39, 0.29) is 29.7 Å². The largest absolute Gasteiger partial charge is 0.396 e. The van der Waals surface area contributed by atoms with Gasteiger partial charge in [-0.2, -0.15) is 0 Å². The standard InChI is InChI=1S/C24H36N6O2/c1-7-24(5,6)30-22(26-27-28-30)21(16(2)3)29(12-9-13-31)15-19-14-18-11-8-10-17(4)20(18)25-23(19)32/h8,10-11,14,16,21,31H,7,9,12-13,15H2,1-6H3,(H,25,32). The lowest BCUT2D eigenvalue weighted by Crippen LogP contribution is -2.39. The molecule has 32 heavy (non-hydrogen) atoms. The van der Waals surface area contributed by atoms with Crippen molar-refractivity contribution in [3.05, 3.63) is 51.6 Å². The van der Waals surface area contributed by atoms with Gasteiger partial charge in [0.15, 0.2) is 5.82 Å². The zero-order chi connectivity index (χ0) is 23.5. The third-order valence-electron chi connectivity index (χ3n) is 6.36. The summed E-state index contributed by atoms with van der Waals surface area (Å²) in [6.07, 6.45) is 1.49. The van der Waals surface area contributed by atoms with Crippen molar-refractivity contribution in [2.24, 2.45) is 5.92 Å². The van der Waals surface area contributed by atoms with Crippen molar-refractivity contribution in [3.8, 4) is 0 Å². The van der Waals surface area contributed by atoms with Crippen LogP contribution in [0.3, 0.4) is 0 Å². The van der Waals surface area contributed by atoms with Crippen LogP contribution in [0.5, 0.6) is 0 Å². The number of para-hydroxylation sites is 1. The van der Waals surface area contributed by atoms with Gasteiger partial charge in [-0.3, -0.25) is 9.69 Å². The van der Waals surface area contributed by atoms with E-state index in [1.807, 2.05) is 35.9 Å². The number of tetrazole rings is 1. The summed E-state index contributed by atoms with van der Waals surface area (Å²) in [5.41, 5.74) is 2.30. The highest BCUT2D eigenvalue weighted by Crippen LogP contribution is 2.32. The second-order valence-corrected chi connectivity index (χ2v) is 9.51. The number of rotatable bonds is 10. The number of fused-ring (bicyclic) bond motifs is 1. The molecule has 2 N–H and O–H groups in total. The maximum atomic E-state index is 13.0. The van der Waals surface area contributed by atoms with E-state index in [4.69, 9.17) is 0 Å². The predicted molar refractivity (Wildman–Crippen MR) is 126 cm³/mol. The van der Waals surface area contributed by atoms with Gasteiger partial charge in [0.1, 0.15) is 0 Å². The summed E-state index contributed by atoms with van der Waals surface area (Å²) < 4.78 is 1.91. The molecule has 3 rings (SSSR count). The first-order valence-corrected chi connectivity index (χ1v) is 11.4. The Morgan fingerprint density at radius 3 is 2.69 bits per heavy atom. The van der Waals surface area contributed by atoms with Gasteiger partial charge in [0.2, 0.25) is 0 Å². The fourth-order valence-corrected chi connectivity index (χ4v) is 4.20. The molecule has 1 atom stereocenters. The molecular formula is C24H36N6O2. The first-order chi connectivity index (χ1) is 15.2. The Morgan fingerprint density at radius 2 is 2.03 bits per heavy atom. The summed E-state index contributed by atoms with van der Waals surface area (Å²) in [6, 6.07) is 7.89. The van der Waals surface area contributed by atoms with Crippen LogP contribution in [0.4, 0.5) is 0 Å². The maximum Gasteiger partial charge on any atom is 0.252 e. The lowest BCUT2D eigenvalue weighted by atomic mass is 9.97. The molecule has 0 amide bonds. The minimum atomic E-state index is -0.230. The molecule has 174 valence electrons. The van der Waals surface area contributed by atoms with E-state index in [1.54, 1.807) is 0 Å². The van der Waals surface area contributed by atoms with E-state index in [0.29, 0.717) is 25.1 Å². The van der Waals surface area contributed by atoms with Crippen LogP contribution in [0.25, 0.3) is 10.9 Å². The molecule has 0 radical (unpaired) electrons. The highest BCUT2D eigenvalue weighted by atomic mass is 16.3. The van der Waals surface area contributed by atoms with Crippen molar-refractivity contribution in [1.29, 1.82) is 0 Å². The highest BCUT2D eigenvalue weighted by Gasteiger charge is 2.33. The maximum absolute atomic E-state index is 13.0. The third-order valence-corrected chi connectivity index (χ3v) is 6.36. The van der Waals surface area contributed by atoms with Gasteiger partial charge in [0, 0.05) is 25.3 Å². The fraction of sp³-hybridized carbons (Fsp3) is 0.583. The molecule has 0 bridgehead atoms. The first-order valence-electron chi connectivity index (χ1n) is 11.4. The summed E-state index contributed by atoms with van der Waals surface area (Å²) in [5, 5.41) is 23.3. The van der Waals surface area contributed by atoms with E-state index in [0.717, 1.165) is 28.7 Å². The van der Waals surface area contributed by atoms with Crippen LogP contribution >= 0.6 is 0 Å². The zero-order valence-electron chi connectivity index (χ0n) is 20.1. The Bertz CT molecular complexity index is 1100. The number of nitrogens with zero attached hydrogens (tertiary/aromatic N) is 5. The van der Waals surface area contributed by atoms with Gasteiger partial charge in [-0.1, -0.05) is 39.0 Å². The number of benzene rings is 1. The number of pyridine rings is 1. The number of aliphatic hydroxyl groups excluding tert-OH is 1. The molecule has 1 unspecified atom stereocenters. The molecule has 0 aliphatic heterocycles. The van der Waals surface area contributed by atoms with Crippen LogP contribution in [-0.4, -0.2) is 48.3 Å². The smallest absolute Gasteiger partial charge is 0.252 e. The average molecular weight is 441 g/mol. The second-order valence-electron chi connectivity index (χ2n) is 9.51. The first kappa shape index (κ1) is 24.1. The highest BCUT2D eigenvalue weighted by molar-refractivity contribution is 5.81. The lowest BCUT2D eigenvalue weighted by Gasteiger charge is -2.35. The number of aliphatic hydroxyl groups is 1. The van der Waals surface area contributed by atoms with Crippen molar-refractivity contribution in [3.63, 3.8) is 0 Å². The van der Waals surface area contributed by atoms with Crippen LogP contribution in [0.15, 0.2) is 29.1 Å². The predicted octanol–water partition coefficient (Wildman–Crippen LogP) is 3.55. The summed E-state index contributed by atoms with van der Waals surface area (Å²) in [7, 11) is 0. The minimum absolute atomic E-state index is 0.0833. The number of hydrogen-bond acceptors (Lipinski definition) is 6. The molecule has 2 aromatic heterocycles. The third kappa shape index (κ3) is 4.91. The summed E-state index contributed by atoms with van der Waals surface area (Å²) in [4.78, 5) is 18.3. The molecule has 8 nitrogen and oxygen atoms in total. The van der Waals surface area contributed by atoms with Gasteiger partial charge in [0.05, 0.1) is 17.1 Å². The Kier molecular flexibility index (Phi) is 7.46. The number of aromatic amines is 1. The Hall–Kier alpha value is -2.58. The average Bonchev–Trinajstić information content (AvgIpc) is 3.23. The van der Waals surface area contributed by atoms with Gasteiger partial charge in [0.25, 0.3) is 5.56 Å². The van der Waals surface area contributed by atoms with Crippen LogP contribution < -0.4 is 5.56 Å². The van der Waals surface area contributed by atoms with Gasteiger partial charge >= 0.3 is 0 Å². The molecule has 2 heterocycles. The Morgan fingerprint density at radius 1 is 1.28 bits per heavy atom. The van der Waals surface area contributed by atoms with Gasteiger partial charge in [-0.05, 0) is 67.0 Å². The van der Waals surface area contributed by atoms with Crippen LogP contribution in [-0.2, 0) is 12.1 Å². The second kappa shape index (κ2) is 9.92. The van der Waals surface area contributed by atoms with E-state index in [1.165, 1.54) is 0 Å². The van der Waals surface area contributed by atoms with E-state index >= 15 is 0 Å². The van der Waals surface area contributed by atoms with Gasteiger partial charge < -0.3 is 10.1 Å². The molecule has 0 aliphatic rings. The number of aryl methyl sites for hydroxylation is 1. The van der Waals surface area contributed by atoms with Gasteiger partial charge in [-0.15, -0.1) is 5.10 Å². The Balaban J connectivity index is 2.05. The molecule has 1 aromatic carbocycles. The van der Waals surface area contributed by atoms with Gasteiger partial charge in [-0.25, -0.2) is 4.68 Å². The van der Waals surface area contributed by atoms with Crippen molar-refractivity contribution >= 4 is 10.9 Å². The topological polar surface area (TPSA) is 99.9 Å². The van der Waals surface area contributed by atoms with Crippen LogP contribution in [0.1, 0.15) is 70.5 Å². The SMILES string of the molecule is CCC(C)(C)n1nnnc1C(C(C)C)N(CCCO)Cc1cc2cccc(C)c2[nH]c1=O. The van der Waals surface area contributed by atoms with E-state index < -0.39 is 0 Å². The van der Waals surface area contributed by atoms with Crippen molar-refractivity contribution < 1.29 is 5.11 Å². The number of nitrogens with one attached hydrogen (secondary N) is 1. The molecule has 0 aliphatic carbocycles. The van der Waals surface area contributed by atoms with Crippen LogP contribution in [0, 0.1) is 12.8 Å². The summed E-state index contributed by atoms with van der Waals surface area (Å²) >= 11 is 0. The molecule has 0 saturated carbocycles. The molecule has 0 spiro atoms. The number of H-pyrrole nitrogens is 1. The number of hydrogen-bond donors (Lipinski definition) is 2. The van der Waals surface area contributed by atoms with E-state index in [2.05, 4.69) is 60.0 Å². The molecule has 0 fully saturated rings. The quantitative estimate of drug-likeness (QED) is 0.500.